The van der Waals surface area contributed by atoms with Crippen LogP contribution in [0.4, 0.5) is 8.78 Å². The van der Waals surface area contributed by atoms with E-state index in [-0.39, 0.29) is 56.2 Å². The van der Waals surface area contributed by atoms with E-state index in [2.05, 4.69) is 10.2 Å². The van der Waals surface area contributed by atoms with Crippen LogP contribution >= 0.6 is 0 Å². The van der Waals surface area contributed by atoms with Crippen LogP contribution in [-0.4, -0.2) is 83.3 Å². The number of fused-ring (bicyclic) bond motifs is 1. The van der Waals surface area contributed by atoms with Gasteiger partial charge in [0.05, 0.1) is 24.9 Å². The van der Waals surface area contributed by atoms with Gasteiger partial charge in [-0.25, -0.2) is 8.78 Å². The molecule has 3 aliphatic heterocycles. The summed E-state index contributed by atoms with van der Waals surface area (Å²) in [6.07, 6.45) is 1.91. The molecular formula is C19H26F2N4O4. The van der Waals surface area contributed by atoms with Crippen molar-refractivity contribution in [1.29, 1.82) is 0 Å². The number of nitrogens with one attached hydrogen (secondary N) is 1. The molecule has 0 bridgehead atoms. The third-order valence-corrected chi connectivity index (χ3v) is 5.82. The van der Waals surface area contributed by atoms with E-state index in [1.807, 2.05) is 0 Å². The van der Waals surface area contributed by atoms with Crippen LogP contribution < -0.4 is 0 Å². The zero-order valence-electron chi connectivity index (χ0n) is 16.3. The number of rotatable bonds is 5. The van der Waals surface area contributed by atoms with Crippen LogP contribution in [0.2, 0.25) is 0 Å². The van der Waals surface area contributed by atoms with E-state index in [9.17, 15) is 18.4 Å². The minimum absolute atomic E-state index is 0.00287. The number of hydrogen-bond donors (Lipinski definition) is 1. The average Bonchev–Trinajstić information content (AvgIpc) is 3.36. The third kappa shape index (κ3) is 4.58. The molecule has 1 atom stereocenters. The minimum atomic E-state index is -2.70. The number of piperidine rings is 1. The van der Waals surface area contributed by atoms with Gasteiger partial charge in [0.1, 0.15) is 6.61 Å². The van der Waals surface area contributed by atoms with Crippen molar-refractivity contribution in [3.63, 3.8) is 0 Å². The Bertz CT molecular complexity index is 753. The van der Waals surface area contributed by atoms with Crippen LogP contribution in [0, 0.1) is 0 Å². The van der Waals surface area contributed by atoms with E-state index in [1.54, 1.807) is 4.90 Å². The number of likely N-dealkylation sites (tertiary alicyclic amines) is 1. The molecule has 2 amide bonds. The molecule has 1 aromatic rings. The van der Waals surface area contributed by atoms with E-state index in [0.29, 0.717) is 26.1 Å². The molecule has 0 spiro atoms. The molecule has 10 heteroatoms. The molecule has 1 aromatic heterocycles. The fourth-order valence-corrected chi connectivity index (χ4v) is 4.04. The van der Waals surface area contributed by atoms with Crippen LogP contribution in [0.5, 0.6) is 0 Å². The Morgan fingerprint density at radius 1 is 1.24 bits per heavy atom. The number of alkyl halides is 2. The maximum Gasteiger partial charge on any atom is 0.274 e. The largest absolute Gasteiger partial charge is 0.376 e. The van der Waals surface area contributed by atoms with Crippen LogP contribution in [0.3, 0.4) is 0 Å². The topological polar surface area (TPSA) is 87.8 Å². The quantitative estimate of drug-likeness (QED) is 0.789. The van der Waals surface area contributed by atoms with Gasteiger partial charge in [-0.05, 0) is 19.3 Å². The summed E-state index contributed by atoms with van der Waals surface area (Å²) in [4.78, 5) is 28.2. The van der Waals surface area contributed by atoms with Crippen LogP contribution in [0.25, 0.3) is 0 Å². The number of nitrogens with zero attached hydrogens (tertiary/aromatic N) is 3. The first kappa shape index (κ1) is 20.2. The van der Waals surface area contributed by atoms with E-state index in [0.717, 1.165) is 30.7 Å². The molecule has 0 radical (unpaired) electrons. The Kier molecular flexibility index (Phi) is 5.82. The second-order valence-corrected chi connectivity index (χ2v) is 7.89. The van der Waals surface area contributed by atoms with Gasteiger partial charge in [0.2, 0.25) is 5.91 Å². The van der Waals surface area contributed by atoms with Crippen molar-refractivity contribution in [2.45, 2.75) is 50.7 Å². The van der Waals surface area contributed by atoms with Crippen molar-refractivity contribution in [1.82, 2.24) is 20.0 Å². The fourth-order valence-electron chi connectivity index (χ4n) is 4.04. The summed E-state index contributed by atoms with van der Waals surface area (Å²) in [5, 5.41) is 6.98. The van der Waals surface area contributed by atoms with Gasteiger partial charge in [-0.3, -0.25) is 14.7 Å². The Morgan fingerprint density at radius 3 is 2.76 bits per heavy atom. The zero-order valence-corrected chi connectivity index (χ0v) is 16.3. The number of amides is 2. The second kappa shape index (κ2) is 8.35. The highest BCUT2D eigenvalue weighted by Crippen LogP contribution is 2.29. The first-order valence-corrected chi connectivity index (χ1v) is 10.1. The van der Waals surface area contributed by atoms with Crippen molar-refractivity contribution >= 4 is 11.8 Å². The maximum atomic E-state index is 13.3. The number of H-pyrrole nitrogens is 1. The van der Waals surface area contributed by atoms with Crippen LogP contribution in [0.15, 0.2) is 0 Å². The van der Waals surface area contributed by atoms with E-state index in [1.165, 1.54) is 4.90 Å². The summed E-state index contributed by atoms with van der Waals surface area (Å²) in [6, 6.07) is 0. The smallest absolute Gasteiger partial charge is 0.274 e. The molecule has 3 aliphatic rings. The molecule has 2 saturated heterocycles. The normalized spacial score (nSPS) is 23.9. The molecule has 0 aromatic carbocycles. The SMILES string of the molecule is O=C(COCC1CCCO1)N1CCc2c(C(=O)N3CCC(F)(F)CC3)n[nH]c2C1. The summed E-state index contributed by atoms with van der Waals surface area (Å²) >= 11 is 0. The van der Waals surface area contributed by atoms with Crippen molar-refractivity contribution < 1.29 is 27.8 Å². The number of aromatic nitrogens is 2. The number of carbonyl (C=O) groups is 2. The Balaban J connectivity index is 1.31. The summed E-state index contributed by atoms with van der Waals surface area (Å²) in [6.45, 7) is 2.01. The van der Waals surface area contributed by atoms with Crippen molar-refractivity contribution in [2.24, 2.45) is 0 Å². The van der Waals surface area contributed by atoms with Crippen LogP contribution in [0.1, 0.15) is 47.4 Å². The number of ether oxygens (including phenoxy) is 2. The molecule has 4 rings (SSSR count). The lowest BCUT2D eigenvalue weighted by atomic mass is 10.0. The van der Waals surface area contributed by atoms with Gasteiger partial charge in [-0.2, -0.15) is 5.10 Å². The van der Waals surface area contributed by atoms with Crippen molar-refractivity contribution in [3.05, 3.63) is 17.0 Å². The number of aromatic amines is 1. The highest BCUT2D eigenvalue weighted by Gasteiger charge is 2.37. The second-order valence-electron chi connectivity index (χ2n) is 7.89. The van der Waals surface area contributed by atoms with Gasteiger partial charge in [-0.15, -0.1) is 0 Å². The average molecular weight is 412 g/mol. The summed E-state index contributed by atoms with van der Waals surface area (Å²) in [7, 11) is 0. The zero-order chi connectivity index (χ0) is 20.4. The van der Waals surface area contributed by atoms with E-state index >= 15 is 0 Å². The van der Waals surface area contributed by atoms with E-state index in [4.69, 9.17) is 9.47 Å². The van der Waals surface area contributed by atoms with Gasteiger partial charge >= 0.3 is 0 Å². The lowest BCUT2D eigenvalue weighted by Crippen LogP contribution is -2.43. The lowest BCUT2D eigenvalue weighted by molar-refractivity contribution is -0.138. The van der Waals surface area contributed by atoms with Crippen molar-refractivity contribution in [2.75, 3.05) is 39.5 Å². The number of hydrogen-bond acceptors (Lipinski definition) is 5. The summed E-state index contributed by atoms with van der Waals surface area (Å²) < 4.78 is 37.6. The van der Waals surface area contributed by atoms with Gasteiger partial charge in [0.15, 0.2) is 5.69 Å². The first-order chi connectivity index (χ1) is 13.9. The molecule has 2 fully saturated rings. The standard InChI is InChI=1S/C19H26F2N4O4/c20-19(21)4-7-24(8-5-19)18(27)17-14-3-6-25(10-15(14)22-23-17)16(26)12-28-11-13-2-1-9-29-13/h13H,1-12H2,(H,22,23). The van der Waals surface area contributed by atoms with E-state index < -0.39 is 5.92 Å². The minimum Gasteiger partial charge on any atom is -0.376 e. The predicted octanol–water partition coefficient (Wildman–Crippen LogP) is 1.36. The molecular weight excluding hydrogens is 386 g/mol. The van der Waals surface area contributed by atoms with Gasteiger partial charge in [-0.1, -0.05) is 0 Å². The maximum absolute atomic E-state index is 13.3. The molecule has 8 nitrogen and oxygen atoms in total. The molecule has 29 heavy (non-hydrogen) atoms. The molecule has 4 heterocycles. The third-order valence-electron chi connectivity index (χ3n) is 5.82. The Hall–Kier alpha value is -2.07. The number of halogens is 2. The number of carbonyl (C=O) groups excluding carboxylic acids is 2. The van der Waals surface area contributed by atoms with Crippen LogP contribution in [-0.2, 0) is 27.2 Å². The monoisotopic (exact) mass is 412 g/mol. The van der Waals surface area contributed by atoms with Gasteiger partial charge < -0.3 is 19.3 Å². The fraction of sp³-hybridized carbons (Fsp3) is 0.737. The Morgan fingerprint density at radius 2 is 2.03 bits per heavy atom. The van der Waals surface area contributed by atoms with Crippen molar-refractivity contribution in [3.8, 4) is 0 Å². The lowest BCUT2D eigenvalue weighted by Gasteiger charge is -2.32. The first-order valence-electron chi connectivity index (χ1n) is 10.1. The summed E-state index contributed by atoms with van der Waals surface area (Å²) in [5.74, 6) is -3.14. The molecule has 1 N–H and O–H groups in total. The molecule has 160 valence electrons. The molecule has 0 saturated carbocycles. The summed E-state index contributed by atoms with van der Waals surface area (Å²) in [5.41, 5.74) is 1.78. The molecule has 1 unspecified atom stereocenters. The Labute approximate surface area is 167 Å². The van der Waals surface area contributed by atoms with Gasteiger partial charge in [0.25, 0.3) is 11.8 Å². The predicted molar refractivity (Wildman–Crippen MR) is 97.6 cm³/mol. The highest BCUT2D eigenvalue weighted by molar-refractivity contribution is 5.94. The highest BCUT2D eigenvalue weighted by atomic mass is 19.3. The van der Waals surface area contributed by atoms with Gasteiger partial charge in [0, 0.05) is 44.6 Å². The molecule has 0 aliphatic carbocycles.